The highest BCUT2D eigenvalue weighted by molar-refractivity contribution is 9.11. The molecule has 0 aliphatic heterocycles. The van der Waals surface area contributed by atoms with Crippen molar-refractivity contribution in [1.29, 1.82) is 0 Å². The number of esters is 2. The molecule has 1 N–H and O–H groups in total. The van der Waals surface area contributed by atoms with E-state index in [9.17, 15) is 32.3 Å². The van der Waals surface area contributed by atoms with Crippen LogP contribution in [0.1, 0.15) is 89.9 Å². The molecule has 3 rings (SSSR count). The molecule has 3 aromatic rings. The van der Waals surface area contributed by atoms with Crippen LogP contribution in [0, 0.1) is 17.5 Å². The van der Waals surface area contributed by atoms with E-state index >= 15 is 0 Å². The lowest BCUT2D eigenvalue weighted by Gasteiger charge is -2.06. The van der Waals surface area contributed by atoms with Gasteiger partial charge in [-0.3, -0.25) is 19.2 Å². The van der Waals surface area contributed by atoms with E-state index in [1.807, 2.05) is 0 Å². The molecule has 0 unspecified atom stereocenters. The second-order valence-corrected chi connectivity index (χ2v) is 14.4. The van der Waals surface area contributed by atoms with Gasteiger partial charge in [-0.25, -0.2) is 13.2 Å². The number of hydrogen-bond donors (Lipinski definition) is 1. The number of rotatable bonds is 18. The molecule has 3 aromatic carbocycles. The van der Waals surface area contributed by atoms with E-state index < -0.39 is 29.4 Å². The third kappa shape index (κ3) is 23.7. The summed E-state index contributed by atoms with van der Waals surface area (Å²) in [6.07, 6.45) is 9.91. The molecule has 0 bridgehead atoms. The standard InChI is InChI=1S/C21H20Br2F2O4.C9H14Cl2O2.C6H4BrFO/c22-16-10-8-14(12-18(16)24)28-20(26)6-4-2-1-3-5-7-21(27)29-15-9-11-17(23)19(25)13-15;10-8(12)6-4-2-1-3-5-7-9(11)13;7-5-2-1-4(9)3-6(5)8/h8-13H,1-7H2;1-7H2;1-3,9H. The highest BCUT2D eigenvalue weighted by atomic mass is 79.9. The van der Waals surface area contributed by atoms with Crippen LogP contribution in [0.5, 0.6) is 17.2 Å². The zero-order valence-corrected chi connectivity index (χ0v) is 33.8. The number of ether oxygens (including phenoxy) is 2. The Hall–Kier alpha value is -2.45. The zero-order valence-electron chi connectivity index (χ0n) is 27.5. The van der Waals surface area contributed by atoms with Gasteiger partial charge >= 0.3 is 11.9 Å². The number of benzene rings is 3. The first-order valence-corrected chi connectivity index (χ1v) is 19.1. The Morgan fingerprint density at radius 1 is 0.510 bits per heavy atom. The Morgan fingerprint density at radius 3 is 1.14 bits per heavy atom. The molecule has 0 aliphatic rings. The van der Waals surface area contributed by atoms with Gasteiger partial charge in [0.1, 0.15) is 34.7 Å². The second kappa shape index (κ2) is 27.2. The van der Waals surface area contributed by atoms with Gasteiger partial charge in [0.2, 0.25) is 10.5 Å². The fraction of sp³-hybridized carbons (Fsp3) is 0.389. The zero-order chi connectivity index (χ0) is 38.2. The maximum Gasteiger partial charge on any atom is 0.311 e. The minimum absolute atomic E-state index is 0.0595. The van der Waals surface area contributed by atoms with Crippen molar-refractivity contribution in [2.45, 2.75) is 89.9 Å². The Morgan fingerprint density at radius 2 is 0.824 bits per heavy atom. The molecule has 0 atom stereocenters. The number of hydrogen-bond acceptors (Lipinski definition) is 7. The van der Waals surface area contributed by atoms with E-state index in [2.05, 4.69) is 47.8 Å². The number of phenols is 1. The Labute approximate surface area is 330 Å². The first-order chi connectivity index (χ1) is 24.2. The number of aromatic hydroxyl groups is 1. The second-order valence-electron chi connectivity index (χ2n) is 10.9. The SMILES string of the molecule is O=C(CCCCCCCC(=O)Oc1ccc(Br)c(F)c1)Oc1ccc(Br)c(F)c1.O=C(Cl)CCCCCCCC(=O)Cl.Oc1ccc(Br)c(F)c1. The van der Waals surface area contributed by atoms with Crippen molar-refractivity contribution >= 4 is 93.4 Å². The largest absolute Gasteiger partial charge is 0.508 e. The first-order valence-electron chi connectivity index (χ1n) is 16.0. The highest BCUT2D eigenvalue weighted by Gasteiger charge is 2.09. The van der Waals surface area contributed by atoms with Gasteiger partial charge in [0.15, 0.2) is 0 Å². The van der Waals surface area contributed by atoms with Crippen molar-refractivity contribution in [2.75, 3.05) is 0 Å². The normalized spacial score (nSPS) is 10.3. The molecule has 0 saturated carbocycles. The van der Waals surface area contributed by atoms with E-state index in [1.165, 1.54) is 36.4 Å². The molecule has 7 nitrogen and oxygen atoms in total. The number of unbranched alkanes of at least 4 members (excludes halogenated alkanes) is 8. The quantitative estimate of drug-likeness (QED) is 0.0586. The maximum absolute atomic E-state index is 13.4. The van der Waals surface area contributed by atoms with Crippen molar-refractivity contribution in [2.24, 2.45) is 0 Å². The van der Waals surface area contributed by atoms with E-state index in [0.717, 1.165) is 69.6 Å². The summed E-state index contributed by atoms with van der Waals surface area (Å²) in [7, 11) is 0. The number of halogens is 8. The van der Waals surface area contributed by atoms with E-state index in [-0.39, 0.29) is 40.6 Å². The fourth-order valence-corrected chi connectivity index (χ4v) is 5.07. The van der Waals surface area contributed by atoms with Crippen LogP contribution in [0.15, 0.2) is 68.0 Å². The molecule has 51 heavy (non-hydrogen) atoms. The van der Waals surface area contributed by atoms with Crippen LogP contribution in [-0.4, -0.2) is 27.5 Å². The van der Waals surface area contributed by atoms with E-state index in [4.69, 9.17) is 37.8 Å². The van der Waals surface area contributed by atoms with Gasteiger partial charge in [-0.05, 0) is 133 Å². The molecule has 0 aromatic heterocycles. The third-order valence-corrected chi connectivity index (χ3v) is 8.96. The maximum atomic E-state index is 13.4. The third-order valence-electron chi connectivity index (χ3n) is 6.66. The smallest absolute Gasteiger partial charge is 0.311 e. The lowest BCUT2D eigenvalue weighted by atomic mass is 10.1. The van der Waals surface area contributed by atoms with Crippen molar-refractivity contribution in [1.82, 2.24) is 0 Å². The molecule has 0 radical (unpaired) electrons. The van der Waals surface area contributed by atoms with Gasteiger partial charge in [0, 0.05) is 43.9 Å². The van der Waals surface area contributed by atoms with Crippen LogP contribution in [0.2, 0.25) is 0 Å². The van der Waals surface area contributed by atoms with Gasteiger partial charge < -0.3 is 14.6 Å². The first kappa shape index (κ1) is 46.6. The molecule has 0 aliphatic carbocycles. The van der Waals surface area contributed by atoms with Crippen LogP contribution in [0.25, 0.3) is 0 Å². The van der Waals surface area contributed by atoms with Crippen LogP contribution in [-0.2, 0) is 19.2 Å². The van der Waals surface area contributed by atoms with Gasteiger partial charge in [0.25, 0.3) is 0 Å². The average Bonchev–Trinajstić information content (AvgIpc) is 3.06. The molecular weight excluding hydrogens is 912 g/mol. The summed E-state index contributed by atoms with van der Waals surface area (Å²) in [6.45, 7) is 0. The van der Waals surface area contributed by atoms with Crippen molar-refractivity contribution in [3.05, 3.63) is 85.5 Å². The van der Waals surface area contributed by atoms with Crippen LogP contribution in [0.4, 0.5) is 13.2 Å². The Kier molecular flexibility index (Phi) is 24.8. The topological polar surface area (TPSA) is 107 Å². The number of phenolic OH excluding ortho intramolecular Hbond substituents is 1. The summed E-state index contributed by atoms with van der Waals surface area (Å²) in [5.41, 5.74) is 0. The summed E-state index contributed by atoms with van der Waals surface area (Å²) >= 11 is 19.3. The van der Waals surface area contributed by atoms with E-state index in [0.29, 0.717) is 39.1 Å². The minimum atomic E-state index is -0.487. The molecule has 0 amide bonds. The molecule has 15 heteroatoms. The minimum Gasteiger partial charge on any atom is -0.508 e. The molecule has 0 saturated heterocycles. The van der Waals surface area contributed by atoms with Crippen molar-refractivity contribution in [3.63, 3.8) is 0 Å². The monoisotopic (exact) mass is 946 g/mol. The van der Waals surface area contributed by atoms with Crippen LogP contribution >= 0.6 is 71.0 Å². The van der Waals surface area contributed by atoms with Crippen LogP contribution < -0.4 is 9.47 Å². The Balaban J connectivity index is 0.000000483. The van der Waals surface area contributed by atoms with Gasteiger partial charge in [-0.1, -0.05) is 38.5 Å². The van der Waals surface area contributed by atoms with Gasteiger partial charge in [-0.2, -0.15) is 0 Å². The summed E-state index contributed by atoms with van der Waals surface area (Å²) in [5, 5.41) is 8.14. The summed E-state index contributed by atoms with van der Waals surface area (Å²) in [5.74, 6) is -1.93. The predicted molar refractivity (Wildman–Crippen MR) is 202 cm³/mol. The molecule has 0 spiro atoms. The average molecular weight is 950 g/mol. The molecule has 280 valence electrons. The van der Waals surface area contributed by atoms with Crippen molar-refractivity contribution < 1.29 is 46.9 Å². The van der Waals surface area contributed by atoms with Gasteiger partial charge in [0.05, 0.1) is 13.4 Å². The lowest BCUT2D eigenvalue weighted by molar-refractivity contribution is -0.135. The fourth-order valence-electron chi connectivity index (χ4n) is 4.06. The summed E-state index contributed by atoms with van der Waals surface area (Å²) in [6, 6.07) is 12.2. The lowest BCUT2D eigenvalue weighted by Crippen LogP contribution is -2.08. The molecule has 0 heterocycles. The van der Waals surface area contributed by atoms with Crippen LogP contribution in [0.3, 0.4) is 0 Å². The number of carbonyl (C=O) groups excluding carboxylic acids is 4. The predicted octanol–water partition coefficient (Wildman–Crippen LogP) is 12.3. The molecule has 0 fully saturated rings. The highest BCUT2D eigenvalue weighted by Crippen LogP contribution is 2.23. The summed E-state index contributed by atoms with van der Waals surface area (Å²) in [4.78, 5) is 44.2. The van der Waals surface area contributed by atoms with E-state index in [1.54, 1.807) is 0 Å². The van der Waals surface area contributed by atoms with Crippen molar-refractivity contribution in [3.8, 4) is 17.2 Å². The summed E-state index contributed by atoms with van der Waals surface area (Å²) < 4.78 is 50.3. The Bertz CT molecular complexity index is 1480. The van der Waals surface area contributed by atoms with Gasteiger partial charge in [-0.15, -0.1) is 0 Å². The number of carbonyl (C=O) groups is 4. The molecular formula is C36H38Br3Cl2F3O7.